The maximum absolute atomic E-state index is 14.6. The average Bonchev–Trinajstić information content (AvgIpc) is 2.90. The van der Waals surface area contributed by atoms with E-state index in [1.54, 1.807) is 18.3 Å². The molecule has 0 aliphatic heterocycles. The summed E-state index contributed by atoms with van der Waals surface area (Å²) in [5, 5.41) is 8.06. The third-order valence-electron chi connectivity index (χ3n) is 6.11. The molecule has 4 rings (SSSR count). The van der Waals surface area contributed by atoms with Crippen LogP contribution in [0.2, 0.25) is 0 Å². The molecule has 0 aliphatic rings. The molecule has 36 heavy (non-hydrogen) atoms. The Labute approximate surface area is 212 Å². The zero-order valence-electron chi connectivity index (χ0n) is 20.7. The van der Waals surface area contributed by atoms with Gasteiger partial charge < -0.3 is 0 Å². The normalized spacial score (nSPS) is 11.6. The minimum Gasteiger partial charge on any atom is -0.207 e. The van der Waals surface area contributed by atoms with Crippen LogP contribution in [0.15, 0.2) is 95.1 Å². The molecule has 0 saturated carbocycles. The molecule has 0 aromatic heterocycles. The lowest BCUT2D eigenvalue weighted by Crippen LogP contribution is -1.91. The van der Waals surface area contributed by atoms with Crippen molar-refractivity contribution >= 4 is 12.4 Å². The second-order valence-electron chi connectivity index (χ2n) is 8.85. The largest absolute Gasteiger partial charge is 0.207 e. The Hall–Kier alpha value is -3.92. The van der Waals surface area contributed by atoms with E-state index in [1.165, 1.54) is 17.8 Å². The molecule has 0 N–H and O–H groups in total. The molecular formula is C32H30F2N2. The lowest BCUT2D eigenvalue weighted by Gasteiger charge is -2.06. The molecule has 182 valence electrons. The number of aryl methyl sites for hydroxylation is 2. The van der Waals surface area contributed by atoms with Crippen LogP contribution >= 0.6 is 0 Å². The molecule has 0 aliphatic carbocycles. The highest BCUT2D eigenvalue weighted by Crippen LogP contribution is 2.24. The van der Waals surface area contributed by atoms with Gasteiger partial charge in [0.15, 0.2) is 0 Å². The van der Waals surface area contributed by atoms with Gasteiger partial charge in [-0.2, -0.15) is 10.2 Å². The van der Waals surface area contributed by atoms with Crippen molar-refractivity contribution in [1.82, 2.24) is 0 Å². The van der Waals surface area contributed by atoms with Crippen molar-refractivity contribution < 1.29 is 8.78 Å². The van der Waals surface area contributed by atoms with Gasteiger partial charge in [-0.25, -0.2) is 8.78 Å². The molecule has 4 aromatic carbocycles. The molecule has 0 heterocycles. The van der Waals surface area contributed by atoms with Crippen molar-refractivity contribution in [1.29, 1.82) is 0 Å². The minimum absolute atomic E-state index is 0.167. The van der Waals surface area contributed by atoms with Gasteiger partial charge >= 0.3 is 0 Å². The summed E-state index contributed by atoms with van der Waals surface area (Å²) in [6.45, 7) is 4.19. The van der Waals surface area contributed by atoms with Crippen LogP contribution in [0, 0.1) is 11.6 Å². The molecule has 0 atom stereocenters. The third kappa shape index (κ3) is 6.39. The molecule has 0 saturated heterocycles. The molecule has 4 aromatic rings. The molecule has 0 spiro atoms. The van der Waals surface area contributed by atoms with E-state index >= 15 is 0 Å². The predicted octanol–water partition coefficient (Wildman–Crippen LogP) is 8.66. The van der Waals surface area contributed by atoms with Gasteiger partial charge in [0.05, 0.1) is 12.4 Å². The summed E-state index contributed by atoms with van der Waals surface area (Å²) in [6.07, 6.45) is 6.82. The summed E-state index contributed by atoms with van der Waals surface area (Å²) in [7, 11) is 0. The fraction of sp³-hybridized carbons (Fsp3) is 0.188. The monoisotopic (exact) mass is 480 g/mol. The predicted molar refractivity (Wildman–Crippen MR) is 147 cm³/mol. The number of benzene rings is 4. The molecule has 4 heteroatoms. The lowest BCUT2D eigenvalue weighted by molar-refractivity contribution is 0.608. The van der Waals surface area contributed by atoms with Crippen LogP contribution < -0.4 is 0 Å². The highest BCUT2D eigenvalue weighted by molar-refractivity contribution is 5.84. The maximum Gasteiger partial charge on any atom is 0.132 e. The van der Waals surface area contributed by atoms with E-state index in [2.05, 4.69) is 29.3 Å². The number of nitrogens with zero attached hydrogens (tertiary/aromatic N) is 2. The van der Waals surface area contributed by atoms with Crippen molar-refractivity contribution in [3.63, 3.8) is 0 Å². The van der Waals surface area contributed by atoms with Gasteiger partial charge in [-0.15, -0.1) is 0 Å². The second kappa shape index (κ2) is 12.2. The Bertz CT molecular complexity index is 1350. The fourth-order valence-electron chi connectivity index (χ4n) is 4.12. The van der Waals surface area contributed by atoms with E-state index in [1.807, 2.05) is 61.5 Å². The van der Waals surface area contributed by atoms with Gasteiger partial charge in [0.2, 0.25) is 0 Å². The van der Waals surface area contributed by atoms with Crippen LogP contribution in [0.5, 0.6) is 0 Å². The summed E-state index contributed by atoms with van der Waals surface area (Å²) in [6, 6.07) is 26.4. The first-order chi connectivity index (χ1) is 17.6. The number of hydrogen-bond acceptors (Lipinski definition) is 2. The SMILES string of the molecule is CCCc1ccc(-c2ccc(C=NN=Cc3ccc(-c4ccc(CCC)c(F)c4)cc3)c(F)c2)cc1. The maximum atomic E-state index is 14.6. The van der Waals surface area contributed by atoms with Crippen molar-refractivity contribution in [2.75, 3.05) is 0 Å². The van der Waals surface area contributed by atoms with Crippen molar-refractivity contribution in [2.24, 2.45) is 10.2 Å². The molecule has 0 amide bonds. The zero-order valence-corrected chi connectivity index (χ0v) is 20.7. The quantitative estimate of drug-likeness (QED) is 0.169. The first kappa shape index (κ1) is 25.2. The van der Waals surface area contributed by atoms with Gasteiger partial charge in [-0.1, -0.05) is 93.4 Å². The van der Waals surface area contributed by atoms with Crippen molar-refractivity contribution in [3.05, 3.63) is 119 Å². The molecule has 0 unspecified atom stereocenters. The van der Waals surface area contributed by atoms with Gasteiger partial charge in [0.1, 0.15) is 11.6 Å². The van der Waals surface area contributed by atoms with Gasteiger partial charge in [-0.05, 0) is 70.0 Å². The summed E-state index contributed by atoms with van der Waals surface area (Å²) in [5.41, 5.74) is 6.84. The average molecular weight is 481 g/mol. The van der Waals surface area contributed by atoms with Crippen molar-refractivity contribution in [2.45, 2.75) is 39.5 Å². The van der Waals surface area contributed by atoms with Crippen LogP contribution in [0.3, 0.4) is 0 Å². The highest BCUT2D eigenvalue weighted by Gasteiger charge is 2.06. The van der Waals surface area contributed by atoms with Gasteiger partial charge in [0, 0.05) is 5.56 Å². The topological polar surface area (TPSA) is 24.7 Å². The standard InChI is InChI=1S/C32H30F2N2/c1-3-5-23-7-11-25(12-8-23)29-17-18-30(32(34)20-29)22-36-35-21-24-9-13-26(14-10-24)28-16-15-27(6-4-2)31(33)19-28/h7-22H,3-6H2,1-2H3. The Balaban J connectivity index is 1.39. The van der Waals surface area contributed by atoms with E-state index in [0.29, 0.717) is 5.56 Å². The van der Waals surface area contributed by atoms with E-state index in [4.69, 9.17) is 0 Å². The third-order valence-corrected chi connectivity index (χ3v) is 6.11. The van der Waals surface area contributed by atoms with E-state index in [-0.39, 0.29) is 11.6 Å². The van der Waals surface area contributed by atoms with Crippen molar-refractivity contribution in [3.8, 4) is 22.3 Å². The van der Waals surface area contributed by atoms with Crippen LogP contribution in [0.1, 0.15) is 48.9 Å². The zero-order chi connectivity index (χ0) is 25.3. The highest BCUT2D eigenvalue weighted by atomic mass is 19.1. The summed E-state index contributed by atoms with van der Waals surface area (Å²) in [5.74, 6) is -0.509. The van der Waals surface area contributed by atoms with E-state index in [9.17, 15) is 8.78 Å². The number of halogens is 2. The lowest BCUT2D eigenvalue weighted by atomic mass is 10.0. The van der Waals surface area contributed by atoms with Crippen LogP contribution in [-0.4, -0.2) is 12.4 Å². The molecule has 0 fully saturated rings. The smallest absolute Gasteiger partial charge is 0.132 e. The van der Waals surface area contributed by atoms with Crippen LogP contribution in [0.25, 0.3) is 22.3 Å². The Morgan fingerprint density at radius 2 is 1.14 bits per heavy atom. The van der Waals surface area contributed by atoms with E-state index in [0.717, 1.165) is 59.1 Å². The van der Waals surface area contributed by atoms with Gasteiger partial charge in [-0.3, -0.25) is 0 Å². The second-order valence-corrected chi connectivity index (χ2v) is 8.85. The first-order valence-corrected chi connectivity index (χ1v) is 12.4. The Kier molecular flexibility index (Phi) is 8.51. The summed E-state index contributed by atoms with van der Waals surface area (Å²) >= 11 is 0. The summed E-state index contributed by atoms with van der Waals surface area (Å²) < 4.78 is 28.9. The number of hydrogen-bond donors (Lipinski definition) is 0. The first-order valence-electron chi connectivity index (χ1n) is 12.4. The fourth-order valence-corrected chi connectivity index (χ4v) is 4.12. The summed E-state index contributed by atoms with van der Waals surface area (Å²) in [4.78, 5) is 0. The van der Waals surface area contributed by atoms with E-state index < -0.39 is 0 Å². The molecule has 0 radical (unpaired) electrons. The Morgan fingerprint density at radius 1 is 0.583 bits per heavy atom. The Morgan fingerprint density at radius 3 is 1.75 bits per heavy atom. The van der Waals surface area contributed by atoms with Gasteiger partial charge in [0.25, 0.3) is 0 Å². The molecule has 0 bridgehead atoms. The number of rotatable bonds is 9. The minimum atomic E-state index is -0.342. The molecule has 2 nitrogen and oxygen atoms in total. The molecular weight excluding hydrogens is 450 g/mol. The van der Waals surface area contributed by atoms with Crippen LogP contribution in [-0.2, 0) is 12.8 Å². The van der Waals surface area contributed by atoms with Crippen LogP contribution in [0.4, 0.5) is 8.78 Å².